The van der Waals surface area contributed by atoms with E-state index in [-0.39, 0.29) is 19.0 Å². The molecule has 0 radical (unpaired) electrons. The fourth-order valence-corrected chi connectivity index (χ4v) is 3.07. The van der Waals surface area contributed by atoms with Crippen LogP contribution >= 0.6 is 0 Å². The van der Waals surface area contributed by atoms with Crippen molar-refractivity contribution in [3.05, 3.63) is 36.5 Å². The number of rotatable bonds is 6. The van der Waals surface area contributed by atoms with Crippen LogP contribution in [0.2, 0.25) is 0 Å². The van der Waals surface area contributed by atoms with Gasteiger partial charge in [0.1, 0.15) is 6.54 Å². The van der Waals surface area contributed by atoms with Gasteiger partial charge in [0.15, 0.2) is 0 Å². The molecule has 2 N–H and O–H groups in total. The molecule has 2 aromatic rings. The van der Waals surface area contributed by atoms with E-state index < -0.39 is 5.60 Å². The van der Waals surface area contributed by atoms with Crippen molar-refractivity contribution in [1.29, 1.82) is 0 Å². The van der Waals surface area contributed by atoms with E-state index in [4.69, 9.17) is 4.74 Å². The third-order valence-electron chi connectivity index (χ3n) is 4.33. The maximum atomic E-state index is 12.2. The molecular formula is C18H25N3O3. The molecule has 0 bridgehead atoms. The van der Waals surface area contributed by atoms with Crippen LogP contribution in [0.25, 0.3) is 10.9 Å². The predicted octanol–water partition coefficient (Wildman–Crippen LogP) is 0.841. The Kier molecular flexibility index (Phi) is 5.18. The average molecular weight is 331 g/mol. The van der Waals surface area contributed by atoms with Crippen LogP contribution in [0, 0.1) is 0 Å². The molecule has 1 aromatic carbocycles. The van der Waals surface area contributed by atoms with Crippen LogP contribution in [0.4, 0.5) is 0 Å². The number of hydrogen-bond acceptors (Lipinski definition) is 4. The number of aliphatic hydroxyl groups is 1. The van der Waals surface area contributed by atoms with Gasteiger partial charge in [-0.25, -0.2) is 0 Å². The van der Waals surface area contributed by atoms with Crippen molar-refractivity contribution in [3.63, 3.8) is 0 Å². The second-order valence-electron chi connectivity index (χ2n) is 6.66. The average Bonchev–Trinajstić information content (AvgIpc) is 2.97. The predicted molar refractivity (Wildman–Crippen MR) is 92.8 cm³/mol. The fraction of sp³-hybridized carbons (Fsp3) is 0.500. The molecular weight excluding hydrogens is 306 g/mol. The van der Waals surface area contributed by atoms with E-state index in [9.17, 15) is 9.90 Å². The molecule has 1 unspecified atom stereocenters. The maximum Gasteiger partial charge on any atom is 0.240 e. The summed E-state index contributed by atoms with van der Waals surface area (Å²) in [5, 5.41) is 14.5. The molecule has 6 heteroatoms. The second-order valence-corrected chi connectivity index (χ2v) is 6.66. The number of carbonyl (C=O) groups excluding carboxylic acids is 1. The number of β-amino-alcohol motifs (C(OH)–C–C–N with tert-alkyl or cyclic N) is 1. The lowest BCUT2D eigenvalue weighted by Gasteiger charge is -2.33. The van der Waals surface area contributed by atoms with Crippen LogP contribution in [-0.4, -0.2) is 65.5 Å². The first kappa shape index (κ1) is 17.0. The highest BCUT2D eigenvalue weighted by atomic mass is 16.5. The van der Waals surface area contributed by atoms with E-state index >= 15 is 0 Å². The van der Waals surface area contributed by atoms with E-state index in [1.807, 2.05) is 41.1 Å². The molecule has 0 spiro atoms. The van der Waals surface area contributed by atoms with Gasteiger partial charge in [-0.3, -0.25) is 9.69 Å². The fourth-order valence-electron chi connectivity index (χ4n) is 3.07. The van der Waals surface area contributed by atoms with Crippen molar-refractivity contribution in [1.82, 2.24) is 14.8 Å². The van der Waals surface area contributed by atoms with Gasteiger partial charge >= 0.3 is 0 Å². The molecule has 3 rings (SSSR count). The first-order valence-corrected chi connectivity index (χ1v) is 8.37. The van der Waals surface area contributed by atoms with Crippen LogP contribution in [0.15, 0.2) is 36.5 Å². The van der Waals surface area contributed by atoms with Crippen LogP contribution in [0.3, 0.4) is 0 Å². The summed E-state index contributed by atoms with van der Waals surface area (Å²) in [5.74, 6) is -0.0985. The smallest absolute Gasteiger partial charge is 0.240 e. The molecule has 6 nitrogen and oxygen atoms in total. The molecule has 1 aliphatic heterocycles. The Hall–Kier alpha value is -1.89. The summed E-state index contributed by atoms with van der Waals surface area (Å²) in [6.45, 7) is 5.81. The molecule has 130 valence electrons. The molecule has 0 saturated carbocycles. The highest BCUT2D eigenvalue weighted by Crippen LogP contribution is 2.14. The summed E-state index contributed by atoms with van der Waals surface area (Å²) in [6.07, 6.45) is 1.91. The van der Waals surface area contributed by atoms with Crippen molar-refractivity contribution in [2.75, 3.05) is 39.4 Å². The Morgan fingerprint density at radius 2 is 2.04 bits per heavy atom. The van der Waals surface area contributed by atoms with Gasteiger partial charge in [0.05, 0.1) is 18.8 Å². The van der Waals surface area contributed by atoms with Crippen LogP contribution in [0.1, 0.15) is 6.92 Å². The Balaban J connectivity index is 1.51. The van der Waals surface area contributed by atoms with Crippen molar-refractivity contribution in [2.45, 2.75) is 19.1 Å². The minimum atomic E-state index is -0.953. The van der Waals surface area contributed by atoms with E-state index in [0.717, 1.165) is 24.0 Å². The zero-order valence-electron chi connectivity index (χ0n) is 14.1. The molecule has 1 atom stereocenters. The van der Waals surface area contributed by atoms with Crippen LogP contribution in [-0.2, 0) is 16.1 Å². The Labute approximate surface area is 142 Å². The van der Waals surface area contributed by atoms with Gasteiger partial charge in [0, 0.05) is 37.9 Å². The highest BCUT2D eigenvalue weighted by molar-refractivity contribution is 5.83. The van der Waals surface area contributed by atoms with Crippen molar-refractivity contribution < 1.29 is 14.6 Å². The van der Waals surface area contributed by atoms with Crippen LogP contribution < -0.4 is 5.32 Å². The van der Waals surface area contributed by atoms with E-state index in [1.165, 1.54) is 0 Å². The van der Waals surface area contributed by atoms with E-state index in [2.05, 4.69) is 10.2 Å². The zero-order chi connectivity index (χ0) is 17.0. The van der Waals surface area contributed by atoms with Gasteiger partial charge in [-0.05, 0) is 24.4 Å². The summed E-state index contributed by atoms with van der Waals surface area (Å²) >= 11 is 0. The monoisotopic (exact) mass is 331 g/mol. The van der Waals surface area contributed by atoms with E-state index in [1.54, 1.807) is 6.92 Å². The molecule has 2 heterocycles. The first-order valence-electron chi connectivity index (χ1n) is 8.37. The second kappa shape index (κ2) is 7.34. The van der Waals surface area contributed by atoms with Gasteiger partial charge in [-0.15, -0.1) is 0 Å². The summed E-state index contributed by atoms with van der Waals surface area (Å²) < 4.78 is 7.23. The number of ether oxygens (including phenoxy) is 1. The maximum absolute atomic E-state index is 12.2. The minimum absolute atomic E-state index is 0.0985. The molecule has 1 aromatic heterocycles. The lowest BCUT2D eigenvalue weighted by atomic mass is 10.1. The quantitative estimate of drug-likeness (QED) is 0.823. The Bertz CT molecular complexity index is 690. The molecule has 1 saturated heterocycles. The number of para-hydroxylation sites is 1. The summed E-state index contributed by atoms with van der Waals surface area (Å²) in [4.78, 5) is 14.4. The van der Waals surface area contributed by atoms with Gasteiger partial charge in [0.2, 0.25) is 5.91 Å². The van der Waals surface area contributed by atoms with Gasteiger partial charge in [-0.2, -0.15) is 0 Å². The van der Waals surface area contributed by atoms with Gasteiger partial charge in [-0.1, -0.05) is 18.2 Å². The largest absolute Gasteiger partial charge is 0.387 e. The number of amides is 1. The Morgan fingerprint density at radius 3 is 2.83 bits per heavy atom. The number of fused-ring (bicyclic) bond motifs is 1. The molecule has 24 heavy (non-hydrogen) atoms. The topological polar surface area (TPSA) is 66.7 Å². The molecule has 1 aliphatic rings. The normalized spacial score (nSPS) is 18.4. The highest BCUT2D eigenvalue weighted by Gasteiger charge is 2.25. The van der Waals surface area contributed by atoms with Crippen molar-refractivity contribution in [3.8, 4) is 0 Å². The summed E-state index contributed by atoms with van der Waals surface area (Å²) in [7, 11) is 0. The number of benzene rings is 1. The number of aromatic nitrogens is 1. The third kappa shape index (κ3) is 4.35. The molecule has 1 fully saturated rings. The van der Waals surface area contributed by atoms with E-state index in [0.29, 0.717) is 19.8 Å². The van der Waals surface area contributed by atoms with Gasteiger partial charge < -0.3 is 19.7 Å². The van der Waals surface area contributed by atoms with Gasteiger partial charge in [0.25, 0.3) is 0 Å². The number of morpholine rings is 1. The number of nitrogens with zero attached hydrogens (tertiary/aromatic N) is 2. The number of carbonyl (C=O) groups is 1. The molecule has 1 amide bonds. The lowest BCUT2D eigenvalue weighted by Crippen LogP contribution is -2.51. The Morgan fingerprint density at radius 1 is 1.29 bits per heavy atom. The molecule has 0 aliphatic carbocycles. The summed E-state index contributed by atoms with van der Waals surface area (Å²) in [5.41, 5.74) is 0.0823. The van der Waals surface area contributed by atoms with Crippen LogP contribution in [0.5, 0.6) is 0 Å². The standard InChI is InChI=1S/C18H25N3O3/c1-18(23,14-20-8-10-24-11-9-20)13-19-17(22)12-21-7-6-15-4-2-3-5-16(15)21/h2-7,23H,8-14H2,1H3,(H,19,22). The zero-order valence-corrected chi connectivity index (χ0v) is 14.1. The lowest BCUT2D eigenvalue weighted by molar-refractivity contribution is -0.123. The number of hydrogen-bond donors (Lipinski definition) is 2. The van der Waals surface area contributed by atoms with Crippen molar-refractivity contribution >= 4 is 16.8 Å². The summed E-state index contributed by atoms with van der Waals surface area (Å²) in [6, 6.07) is 9.96. The number of nitrogens with one attached hydrogen (secondary N) is 1. The first-order chi connectivity index (χ1) is 11.5. The van der Waals surface area contributed by atoms with Crippen molar-refractivity contribution in [2.24, 2.45) is 0 Å². The minimum Gasteiger partial charge on any atom is -0.387 e. The SMILES string of the molecule is CC(O)(CNC(=O)Cn1ccc2ccccc21)CN1CCOCC1. The third-order valence-corrected chi connectivity index (χ3v) is 4.33.